The van der Waals surface area contributed by atoms with Crippen molar-refractivity contribution in [1.29, 1.82) is 0 Å². The SMILES string of the molecule is Cn1c(=O)n([C@@]23COCC2C3)c2nc(/C(N)=C3\CCC[C@@]4(CCCCC4=O)C3=O)nc(Cl)c21. The number of ketones is 2. The minimum atomic E-state index is -0.958. The van der Waals surface area contributed by atoms with Crippen LogP contribution in [-0.4, -0.2) is 43.9 Å². The maximum absolute atomic E-state index is 13.5. The summed E-state index contributed by atoms with van der Waals surface area (Å²) in [5, 5.41) is 0.108. The van der Waals surface area contributed by atoms with Gasteiger partial charge >= 0.3 is 5.69 Å². The molecule has 33 heavy (non-hydrogen) atoms. The summed E-state index contributed by atoms with van der Waals surface area (Å²) in [4.78, 5) is 48.5. The second kappa shape index (κ2) is 6.99. The summed E-state index contributed by atoms with van der Waals surface area (Å²) >= 11 is 6.53. The lowest BCUT2D eigenvalue weighted by Gasteiger charge is -2.38. The summed E-state index contributed by atoms with van der Waals surface area (Å²) in [5.74, 6) is 0.232. The van der Waals surface area contributed by atoms with E-state index < -0.39 is 11.0 Å². The van der Waals surface area contributed by atoms with Gasteiger partial charge < -0.3 is 10.5 Å². The van der Waals surface area contributed by atoms with Crippen molar-refractivity contribution >= 4 is 40.0 Å². The zero-order valence-electron chi connectivity index (χ0n) is 18.5. The number of aromatic nitrogens is 4. The van der Waals surface area contributed by atoms with Crippen LogP contribution in [0.1, 0.15) is 57.2 Å². The number of fused-ring (bicyclic) bond motifs is 2. The predicted octanol–water partition coefficient (Wildman–Crippen LogP) is 2.08. The third-order valence-electron chi connectivity index (χ3n) is 8.26. The quantitative estimate of drug-likeness (QED) is 0.404. The minimum absolute atomic E-state index is 0.0233. The maximum Gasteiger partial charge on any atom is 0.330 e. The Morgan fingerprint density at radius 1 is 1.15 bits per heavy atom. The molecule has 2 aromatic rings. The molecule has 1 aliphatic heterocycles. The zero-order valence-corrected chi connectivity index (χ0v) is 19.3. The molecule has 3 aliphatic carbocycles. The molecule has 0 radical (unpaired) electrons. The van der Waals surface area contributed by atoms with Crippen LogP contribution < -0.4 is 11.4 Å². The highest BCUT2D eigenvalue weighted by Crippen LogP contribution is 2.55. The van der Waals surface area contributed by atoms with Crippen molar-refractivity contribution in [2.24, 2.45) is 24.1 Å². The van der Waals surface area contributed by atoms with Crippen molar-refractivity contribution in [3.63, 3.8) is 0 Å². The molecule has 10 heteroatoms. The van der Waals surface area contributed by atoms with E-state index >= 15 is 0 Å². The average Bonchev–Trinajstić information content (AvgIpc) is 3.23. The third-order valence-corrected chi connectivity index (χ3v) is 8.52. The van der Waals surface area contributed by atoms with Crippen molar-refractivity contribution in [2.45, 2.75) is 56.9 Å². The van der Waals surface area contributed by atoms with Gasteiger partial charge in [0.2, 0.25) is 0 Å². The van der Waals surface area contributed by atoms with E-state index in [0.29, 0.717) is 62.1 Å². The van der Waals surface area contributed by atoms with E-state index in [2.05, 4.69) is 9.97 Å². The summed E-state index contributed by atoms with van der Waals surface area (Å²) in [6, 6.07) is 0. The number of nitrogens with zero attached hydrogens (tertiary/aromatic N) is 4. The lowest BCUT2D eigenvalue weighted by molar-refractivity contribution is -0.143. The number of halogens is 1. The van der Waals surface area contributed by atoms with Crippen molar-refractivity contribution < 1.29 is 14.3 Å². The smallest absolute Gasteiger partial charge is 0.330 e. The maximum atomic E-state index is 13.5. The predicted molar refractivity (Wildman–Crippen MR) is 121 cm³/mol. The van der Waals surface area contributed by atoms with E-state index in [9.17, 15) is 14.4 Å². The van der Waals surface area contributed by atoms with Crippen LogP contribution in [0.2, 0.25) is 5.15 Å². The van der Waals surface area contributed by atoms with Gasteiger partial charge in [-0.05, 0) is 38.5 Å². The largest absolute Gasteiger partial charge is 0.395 e. The van der Waals surface area contributed by atoms with E-state index in [1.807, 2.05) is 0 Å². The highest BCUT2D eigenvalue weighted by atomic mass is 35.5. The van der Waals surface area contributed by atoms with E-state index in [1.54, 1.807) is 11.6 Å². The van der Waals surface area contributed by atoms with Crippen molar-refractivity contribution in [2.75, 3.05) is 13.2 Å². The number of hydrogen-bond donors (Lipinski definition) is 1. The van der Waals surface area contributed by atoms with E-state index in [0.717, 1.165) is 19.3 Å². The fraction of sp³-hybridized carbons (Fsp3) is 0.609. The first kappa shape index (κ1) is 21.0. The summed E-state index contributed by atoms with van der Waals surface area (Å²) in [7, 11) is 1.64. The van der Waals surface area contributed by atoms with Gasteiger partial charge in [-0.25, -0.2) is 14.8 Å². The summed E-state index contributed by atoms with van der Waals surface area (Å²) in [6.45, 7) is 1.07. The van der Waals surface area contributed by atoms with Gasteiger partial charge in [0.25, 0.3) is 0 Å². The van der Waals surface area contributed by atoms with Gasteiger partial charge in [0.1, 0.15) is 11.3 Å². The van der Waals surface area contributed by atoms with Crippen LogP contribution in [-0.2, 0) is 26.9 Å². The topological polar surface area (TPSA) is 122 Å². The first-order valence-corrected chi connectivity index (χ1v) is 12.0. The Kier molecular flexibility index (Phi) is 4.46. The number of rotatable bonds is 2. The lowest BCUT2D eigenvalue weighted by atomic mass is 9.62. The first-order valence-electron chi connectivity index (χ1n) is 11.6. The Morgan fingerprint density at radius 2 is 1.94 bits per heavy atom. The molecular weight excluding hydrogens is 446 g/mol. The van der Waals surface area contributed by atoms with E-state index in [4.69, 9.17) is 22.1 Å². The number of hydrogen-bond acceptors (Lipinski definition) is 7. The molecule has 4 fully saturated rings. The van der Waals surface area contributed by atoms with Gasteiger partial charge in [0.05, 0.1) is 29.9 Å². The van der Waals surface area contributed by atoms with Crippen molar-refractivity contribution in [3.8, 4) is 0 Å². The van der Waals surface area contributed by atoms with Crippen LogP contribution in [0.5, 0.6) is 0 Å². The van der Waals surface area contributed by atoms with Crippen LogP contribution in [0.15, 0.2) is 10.4 Å². The number of carbonyl (C=O) groups is 2. The Hall–Kier alpha value is -2.52. The normalized spacial score (nSPS) is 33.1. The molecule has 0 aromatic carbocycles. The molecule has 4 aliphatic rings. The highest BCUT2D eigenvalue weighted by Gasteiger charge is 2.61. The molecule has 3 atom stereocenters. The monoisotopic (exact) mass is 471 g/mol. The first-order chi connectivity index (χ1) is 15.8. The molecule has 0 amide bonds. The minimum Gasteiger partial charge on any atom is -0.395 e. The van der Waals surface area contributed by atoms with Crippen LogP contribution in [0.4, 0.5) is 0 Å². The molecule has 3 saturated carbocycles. The fourth-order valence-electron chi connectivity index (χ4n) is 6.26. The fourth-order valence-corrected chi connectivity index (χ4v) is 6.56. The molecule has 1 spiro atoms. The molecule has 174 valence electrons. The molecule has 1 saturated heterocycles. The van der Waals surface area contributed by atoms with Crippen LogP contribution >= 0.6 is 11.6 Å². The Labute approximate surface area is 194 Å². The average molecular weight is 472 g/mol. The van der Waals surface area contributed by atoms with Gasteiger partial charge in [0, 0.05) is 25.0 Å². The van der Waals surface area contributed by atoms with Crippen molar-refractivity contribution in [3.05, 3.63) is 27.0 Å². The van der Waals surface area contributed by atoms with Crippen LogP contribution in [0, 0.1) is 11.3 Å². The van der Waals surface area contributed by atoms with E-state index in [1.165, 1.54) is 4.57 Å². The number of nitrogens with two attached hydrogens (primary N) is 1. The lowest BCUT2D eigenvalue weighted by Crippen LogP contribution is -2.45. The molecule has 3 heterocycles. The summed E-state index contributed by atoms with van der Waals surface area (Å²) < 4.78 is 8.74. The number of imidazole rings is 1. The number of Topliss-reactive ketones (excluding diaryl/α,β-unsaturated/α-hetero) is 2. The second-order valence-corrected chi connectivity index (χ2v) is 10.4. The summed E-state index contributed by atoms with van der Waals surface area (Å²) in [5.41, 5.74) is 6.29. The molecule has 1 unspecified atom stereocenters. The second-order valence-electron chi connectivity index (χ2n) is 9.99. The molecule has 2 N–H and O–H groups in total. The van der Waals surface area contributed by atoms with Gasteiger partial charge in [0.15, 0.2) is 22.4 Å². The van der Waals surface area contributed by atoms with Gasteiger partial charge in [-0.2, -0.15) is 0 Å². The molecule has 0 bridgehead atoms. The van der Waals surface area contributed by atoms with Gasteiger partial charge in [-0.1, -0.05) is 18.0 Å². The summed E-state index contributed by atoms with van der Waals surface area (Å²) in [6.07, 6.45) is 5.31. The Morgan fingerprint density at radius 3 is 2.64 bits per heavy atom. The zero-order chi connectivity index (χ0) is 23.1. The molecular formula is C23H26ClN5O4. The van der Waals surface area contributed by atoms with Crippen LogP contribution in [0.25, 0.3) is 16.9 Å². The van der Waals surface area contributed by atoms with Gasteiger partial charge in [-0.15, -0.1) is 0 Å². The number of allylic oxidation sites excluding steroid dienone is 1. The molecule has 2 aromatic heterocycles. The van der Waals surface area contributed by atoms with Crippen LogP contribution in [0.3, 0.4) is 0 Å². The molecule has 6 rings (SSSR count). The highest BCUT2D eigenvalue weighted by molar-refractivity contribution is 6.33. The standard InChI is InChI=1S/C23H26ClN5O4/c1-28-16-18(24)26-19(27-20(16)29(21(28)32)23-9-12(23)10-33-11-23)15(25)13-5-4-8-22(17(13)31)7-3-2-6-14(22)30/h12H,2-11,25H2,1H3/b15-13-/t12?,22-,23+/m1/s1. The van der Waals surface area contributed by atoms with E-state index in [-0.39, 0.29) is 39.8 Å². The number of ether oxygens (including phenoxy) is 1. The Balaban J connectivity index is 1.51. The molecule has 9 nitrogen and oxygen atoms in total. The third kappa shape index (κ3) is 2.72. The Bertz CT molecular complexity index is 1320. The number of carbonyl (C=O) groups excluding carboxylic acids is 2. The number of aryl methyl sites for hydroxylation is 1. The van der Waals surface area contributed by atoms with Gasteiger partial charge in [-0.3, -0.25) is 18.7 Å². The van der Waals surface area contributed by atoms with Crippen molar-refractivity contribution in [1.82, 2.24) is 19.1 Å².